The van der Waals surface area contributed by atoms with Crippen LogP contribution in [-0.2, 0) is 0 Å². The first-order valence-electron chi connectivity index (χ1n) is 4.47. The molecule has 0 aliphatic rings. The van der Waals surface area contributed by atoms with Gasteiger partial charge >= 0.3 is 0 Å². The summed E-state index contributed by atoms with van der Waals surface area (Å²) in [4.78, 5) is 4.37. The predicted molar refractivity (Wildman–Crippen MR) is 66.5 cm³/mol. The molecule has 0 saturated carbocycles. The van der Waals surface area contributed by atoms with Gasteiger partial charge in [-0.25, -0.2) is 4.98 Å². The summed E-state index contributed by atoms with van der Waals surface area (Å²) >= 11 is 4.94. The molecule has 1 aromatic heterocycles. The highest BCUT2D eigenvalue weighted by Crippen LogP contribution is 2.29. The van der Waals surface area contributed by atoms with Gasteiger partial charge in [0.2, 0.25) is 0 Å². The number of hydrogen-bond donors (Lipinski definition) is 0. The van der Waals surface area contributed by atoms with Crippen LogP contribution in [0, 0.1) is 6.92 Å². The minimum atomic E-state index is 0.900. The van der Waals surface area contributed by atoms with Gasteiger partial charge in [-0.1, -0.05) is 12.1 Å². The molecule has 0 aliphatic carbocycles. The van der Waals surface area contributed by atoms with Crippen molar-refractivity contribution >= 4 is 27.3 Å². The average molecular weight is 284 g/mol. The van der Waals surface area contributed by atoms with E-state index in [-0.39, 0.29) is 0 Å². The molecule has 0 spiro atoms. The zero-order chi connectivity index (χ0) is 10.8. The summed E-state index contributed by atoms with van der Waals surface area (Å²) in [6.45, 7) is 2.03. The average Bonchev–Trinajstić information content (AvgIpc) is 2.66. The molecule has 15 heavy (non-hydrogen) atoms. The monoisotopic (exact) mass is 283 g/mol. The SMILES string of the molecule is COc1cc(-c2csc(Br)n2)ccc1C. The molecule has 0 aliphatic heterocycles. The lowest BCUT2D eigenvalue weighted by Crippen LogP contribution is -1.87. The zero-order valence-corrected chi connectivity index (χ0v) is 10.9. The number of methoxy groups -OCH3 is 1. The fourth-order valence-corrected chi connectivity index (χ4v) is 2.38. The van der Waals surface area contributed by atoms with Gasteiger partial charge in [0, 0.05) is 10.9 Å². The number of nitrogens with zero attached hydrogens (tertiary/aromatic N) is 1. The molecule has 0 amide bonds. The lowest BCUT2D eigenvalue weighted by atomic mass is 10.1. The summed E-state index contributed by atoms with van der Waals surface area (Å²) in [7, 11) is 1.68. The number of rotatable bonds is 2. The molecule has 2 rings (SSSR count). The molecule has 78 valence electrons. The van der Waals surface area contributed by atoms with Crippen LogP contribution in [0.1, 0.15) is 5.56 Å². The Hall–Kier alpha value is -0.870. The van der Waals surface area contributed by atoms with Crippen LogP contribution in [0.2, 0.25) is 0 Å². The minimum Gasteiger partial charge on any atom is -0.496 e. The van der Waals surface area contributed by atoms with Crippen molar-refractivity contribution in [1.29, 1.82) is 0 Å². The van der Waals surface area contributed by atoms with Gasteiger partial charge in [0.15, 0.2) is 3.92 Å². The van der Waals surface area contributed by atoms with Gasteiger partial charge in [-0.15, -0.1) is 11.3 Å². The van der Waals surface area contributed by atoms with E-state index in [1.807, 2.05) is 24.4 Å². The lowest BCUT2D eigenvalue weighted by Gasteiger charge is -2.05. The summed E-state index contributed by atoms with van der Waals surface area (Å²) in [6, 6.07) is 6.11. The van der Waals surface area contributed by atoms with Crippen LogP contribution in [0.15, 0.2) is 27.5 Å². The Morgan fingerprint density at radius 2 is 2.20 bits per heavy atom. The van der Waals surface area contributed by atoms with Gasteiger partial charge in [0.1, 0.15) is 5.75 Å². The third-order valence-electron chi connectivity index (χ3n) is 2.18. The van der Waals surface area contributed by atoms with Crippen molar-refractivity contribution in [1.82, 2.24) is 4.98 Å². The first kappa shape index (κ1) is 10.6. The van der Waals surface area contributed by atoms with E-state index >= 15 is 0 Å². The highest BCUT2D eigenvalue weighted by molar-refractivity contribution is 9.11. The van der Waals surface area contributed by atoms with E-state index in [1.165, 1.54) is 0 Å². The second kappa shape index (κ2) is 4.33. The molecular weight excluding hydrogens is 274 g/mol. The van der Waals surface area contributed by atoms with E-state index in [9.17, 15) is 0 Å². The normalized spacial score (nSPS) is 10.3. The van der Waals surface area contributed by atoms with E-state index in [4.69, 9.17) is 4.74 Å². The molecule has 2 aromatic rings. The Kier molecular flexibility index (Phi) is 3.07. The molecule has 0 saturated heterocycles. The molecule has 1 aromatic carbocycles. The maximum Gasteiger partial charge on any atom is 0.159 e. The number of thiazole rings is 1. The van der Waals surface area contributed by atoms with E-state index in [0.717, 1.165) is 26.5 Å². The van der Waals surface area contributed by atoms with Crippen LogP contribution in [-0.4, -0.2) is 12.1 Å². The highest BCUT2D eigenvalue weighted by Gasteiger charge is 2.05. The minimum absolute atomic E-state index is 0.900. The topological polar surface area (TPSA) is 22.1 Å². The van der Waals surface area contributed by atoms with Crippen molar-refractivity contribution in [2.45, 2.75) is 6.92 Å². The van der Waals surface area contributed by atoms with Crippen LogP contribution in [0.5, 0.6) is 5.75 Å². The molecule has 2 nitrogen and oxygen atoms in total. The number of aryl methyl sites for hydroxylation is 1. The number of halogens is 1. The van der Waals surface area contributed by atoms with Crippen molar-refractivity contribution in [2.24, 2.45) is 0 Å². The molecule has 0 bridgehead atoms. The zero-order valence-electron chi connectivity index (χ0n) is 8.45. The van der Waals surface area contributed by atoms with Gasteiger partial charge in [0.05, 0.1) is 12.8 Å². The van der Waals surface area contributed by atoms with Crippen LogP contribution < -0.4 is 4.74 Å². The lowest BCUT2D eigenvalue weighted by molar-refractivity contribution is 0.412. The number of aromatic nitrogens is 1. The van der Waals surface area contributed by atoms with Crippen molar-refractivity contribution in [2.75, 3.05) is 7.11 Å². The second-order valence-corrected chi connectivity index (χ2v) is 5.30. The van der Waals surface area contributed by atoms with Crippen LogP contribution in [0.25, 0.3) is 11.3 Å². The predicted octanol–water partition coefficient (Wildman–Crippen LogP) is 3.89. The molecule has 0 fully saturated rings. The fourth-order valence-electron chi connectivity index (χ4n) is 1.36. The molecule has 0 atom stereocenters. The summed E-state index contributed by atoms with van der Waals surface area (Å²) in [5, 5.41) is 2.02. The molecule has 0 N–H and O–H groups in total. The first-order valence-corrected chi connectivity index (χ1v) is 6.14. The van der Waals surface area contributed by atoms with Crippen LogP contribution in [0.3, 0.4) is 0 Å². The number of benzene rings is 1. The Labute approximate surface area is 101 Å². The quantitative estimate of drug-likeness (QED) is 0.834. The van der Waals surface area contributed by atoms with E-state index in [1.54, 1.807) is 18.4 Å². The summed E-state index contributed by atoms with van der Waals surface area (Å²) in [6.07, 6.45) is 0. The van der Waals surface area contributed by atoms with Gasteiger partial charge in [-0.3, -0.25) is 0 Å². The fraction of sp³-hybridized carbons (Fsp3) is 0.182. The third kappa shape index (κ3) is 2.21. The summed E-state index contributed by atoms with van der Waals surface area (Å²) in [5.41, 5.74) is 3.19. The van der Waals surface area contributed by atoms with E-state index in [2.05, 4.69) is 27.0 Å². The van der Waals surface area contributed by atoms with E-state index in [0.29, 0.717) is 0 Å². The Bertz CT molecular complexity index is 481. The molecule has 1 heterocycles. The van der Waals surface area contributed by atoms with Gasteiger partial charge in [-0.2, -0.15) is 0 Å². The number of hydrogen-bond acceptors (Lipinski definition) is 3. The van der Waals surface area contributed by atoms with Gasteiger partial charge < -0.3 is 4.74 Å². The van der Waals surface area contributed by atoms with Crippen molar-refractivity contribution < 1.29 is 4.74 Å². The summed E-state index contributed by atoms with van der Waals surface area (Å²) < 4.78 is 6.18. The molecular formula is C11H10BrNOS. The largest absolute Gasteiger partial charge is 0.496 e. The van der Waals surface area contributed by atoms with Crippen molar-refractivity contribution in [3.63, 3.8) is 0 Å². The smallest absolute Gasteiger partial charge is 0.159 e. The summed E-state index contributed by atoms with van der Waals surface area (Å²) in [5.74, 6) is 0.900. The van der Waals surface area contributed by atoms with Crippen LogP contribution >= 0.6 is 27.3 Å². The molecule has 4 heteroatoms. The van der Waals surface area contributed by atoms with Gasteiger partial charge in [-0.05, 0) is 34.5 Å². The Balaban J connectivity index is 2.45. The standard InChI is InChI=1S/C11H10BrNOS/c1-7-3-4-8(5-10(7)14-2)9-6-15-11(12)13-9/h3-6H,1-2H3. The van der Waals surface area contributed by atoms with E-state index < -0.39 is 0 Å². The Morgan fingerprint density at radius 1 is 1.40 bits per heavy atom. The highest BCUT2D eigenvalue weighted by atomic mass is 79.9. The number of ether oxygens (including phenoxy) is 1. The third-order valence-corrected chi connectivity index (χ3v) is 3.54. The molecule has 0 unspecified atom stereocenters. The van der Waals surface area contributed by atoms with Crippen LogP contribution in [0.4, 0.5) is 0 Å². The maximum absolute atomic E-state index is 5.28. The van der Waals surface area contributed by atoms with Crippen molar-refractivity contribution in [3.8, 4) is 17.0 Å². The van der Waals surface area contributed by atoms with Gasteiger partial charge in [0.25, 0.3) is 0 Å². The maximum atomic E-state index is 5.28. The van der Waals surface area contributed by atoms with Crippen molar-refractivity contribution in [3.05, 3.63) is 33.1 Å². The molecule has 0 radical (unpaired) electrons. The first-order chi connectivity index (χ1) is 7.20. The second-order valence-electron chi connectivity index (χ2n) is 3.17. The Morgan fingerprint density at radius 3 is 2.80 bits per heavy atom.